The van der Waals surface area contributed by atoms with Gasteiger partial charge in [-0.15, -0.1) is 0 Å². The lowest BCUT2D eigenvalue weighted by molar-refractivity contribution is -0.128. The summed E-state index contributed by atoms with van der Waals surface area (Å²) in [5.74, 6) is -0.978. The van der Waals surface area contributed by atoms with Gasteiger partial charge in [-0.25, -0.2) is 0 Å². The Balaban J connectivity index is 1.87. The molecule has 3 rings (SSSR count). The van der Waals surface area contributed by atoms with Crippen molar-refractivity contribution in [1.82, 2.24) is 9.47 Å². The summed E-state index contributed by atoms with van der Waals surface area (Å²) in [5, 5.41) is 0. The lowest BCUT2D eigenvalue weighted by atomic mass is 9.98. The number of hydrogen-bond acceptors (Lipinski definition) is 3. The Bertz CT molecular complexity index is 745. The highest BCUT2D eigenvalue weighted by Crippen LogP contribution is 2.20. The summed E-state index contributed by atoms with van der Waals surface area (Å²) >= 11 is 0. The number of amides is 2. The predicted molar refractivity (Wildman–Crippen MR) is 75.9 cm³/mol. The third-order valence-corrected chi connectivity index (χ3v) is 3.67. The number of carbonyl (C=O) groups is 3. The lowest BCUT2D eigenvalue weighted by Gasteiger charge is -2.26. The SMILES string of the molecule is Cn1cccc1C(=O)CN1C(=O)Cc2ccccc2C1=O. The van der Waals surface area contributed by atoms with Gasteiger partial charge < -0.3 is 4.57 Å². The number of aryl methyl sites for hydroxylation is 1. The van der Waals surface area contributed by atoms with Crippen molar-refractivity contribution >= 4 is 17.6 Å². The molecule has 21 heavy (non-hydrogen) atoms. The van der Waals surface area contributed by atoms with Crippen molar-refractivity contribution in [3.8, 4) is 0 Å². The first kappa shape index (κ1) is 13.3. The molecule has 0 spiro atoms. The quantitative estimate of drug-likeness (QED) is 0.632. The molecule has 2 amide bonds. The van der Waals surface area contributed by atoms with Gasteiger partial charge in [0.05, 0.1) is 18.7 Å². The van der Waals surface area contributed by atoms with E-state index in [2.05, 4.69) is 0 Å². The number of rotatable bonds is 3. The van der Waals surface area contributed by atoms with E-state index < -0.39 is 5.91 Å². The van der Waals surface area contributed by atoms with Gasteiger partial charge in [0.15, 0.2) is 5.78 Å². The van der Waals surface area contributed by atoms with E-state index in [4.69, 9.17) is 0 Å². The molecule has 5 nitrogen and oxygen atoms in total. The van der Waals surface area contributed by atoms with Gasteiger partial charge in [-0.3, -0.25) is 19.3 Å². The predicted octanol–water partition coefficient (Wildman–Crippen LogP) is 1.43. The third-order valence-electron chi connectivity index (χ3n) is 3.67. The highest BCUT2D eigenvalue weighted by molar-refractivity contribution is 6.12. The van der Waals surface area contributed by atoms with Crippen molar-refractivity contribution in [3.05, 3.63) is 59.4 Å². The van der Waals surface area contributed by atoms with Crippen LogP contribution in [0.15, 0.2) is 42.6 Å². The van der Waals surface area contributed by atoms with E-state index in [-0.39, 0.29) is 24.7 Å². The molecule has 2 heterocycles. The van der Waals surface area contributed by atoms with Gasteiger partial charge in [0, 0.05) is 18.8 Å². The second-order valence-electron chi connectivity index (χ2n) is 5.05. The Kier molecular flexibility index (Phi) is 3.17. The maximum Gasteiger partial charge on any atom is 0.261 e. The van der Waals surface area contributed by atoms with E-state index in [1.54, 1.807) is 54.2 Å². The number of aromatic nitrogens is 1. The first-order chi connectivity index (χ1) is 10.1. The molecule has 1 aromatic heterocycles. The number of ketones is 1. The molecule has 0 fully saturated rings. The number of Topliss-reactive ketones (excluding diaryl/α,β-unsaturated/α-hetero) is 1. The zero-order valence-corrected chi connectivity index (χ0v) is 11.6. The molecule has 0 bridgehead atoms. The Morgan fingerprint density at radius 3 is 2.62 bits per heavy atom. The number of hydrogen-bond donors (Lipinski definition) is 0. The number of nitrogens with zero attached hydrogens (tertiary/aromatic N) is 2. The van der Waals surface area contributed by atoms with Crippen LogP contribution in [0.2, 0.25) is 0 Å². The summed E-state index contributed by atoms with van der Waals surface area (Å²) in [6.07, 6.45) is 1.91. The smallest absolute Gasteiger partial charge is 0.261 e. The molecule has 106 valence electrons. The van der Waals surface area contributed by atoms with Crippen molar-refractivity contribution < 1.29 is 14.4 Å². The number of imide groups is 1. The average Bonchev–Trinajstić information content (AvgIpc) is 2.89. The van der Waals surface area contributed by atoms with Gasteiger partial charge in [-0.05, 0) is 23.8 Å². The Morgan fingerprint density at radius 1 is 1.14 bits per heavy atom. The van der Waals surface area contributed by atoms with Gasteiger partial charge >= 0.3 is 0 Å². The third kappa shape index (κ3) is 2.27. The maximum absolute atomic E-state index is 12.4. The van der Waals surface area contributed by atoms with Crippen LogP contribution in [0, 0.1) is 0 Å². The first-order valence-electron chi connectivity index (χ1n) is 6.65. The summed E-state index contributed by atoms with van der Waals surface area (Å²) in [4.78, 5) is 37.7. The van der Waals surface area contributed by atoms with E-state index in [0.717, 1.165) is 10.5 Å². The van der Waals surface area contributed by atoms with Crippen molar-refractivity contribution in [2.24, 2.45) is 7.05 Å². The van der Waals surface area contributed by atoms with Crippen LogP contribution in [0.5, 0.6) is 0 Å². The molecule has 1 aliphatic rings. The van der Waals surface area contributed by atoms with Gasteiger partial charge in [-0.2, -0.15) is 0 Å². The molecule has 0 saturated carbocycles. The fourth-order valence-corrected chi connectivity index (χ4v) is 2.54. The lowest BCUT2D eigenvalue weighted by Crippen LogP contribution is -2.45. The fraction of sp³-hybridized carbons (Fsp3) is 0.188. The standard InChI is InChI=1S/C16H14N2O3/c1-17-8-4-7-13(17)14(19)10-18-15(20)9-11-5-2-3-6-12(11)16(18)21/h2-8H,9-10H2,1H3. The molecule has 0 unspecified atom stereocenters. The Morgan fingerprint density at radius 2 is 1.90 bits per heavy atom. The Hall–Kier alpha value is -2.69. The van der Waals surface area contributed by atoms with Crippen molar-refractivity contribution in [2.45, 2.75) is 6.42 Å². The monoisotopic (exact) mass is 282 g/mol. The summed E-state index contributed by atoms with van der Waals surface area (Å²) < 4.78 is 1.68. The molecule has 0 N–H and O–H groups in total. The van der Waals surface area contributed by atoms with Gasteiger partial charge in [0.2, 0.25) is 5.91 Å². The minimum Gasteiger partial charge on any atom is -0.348 e. The second-order valence-corrected chi connectivity index (χ2v) is 5.05. The number of carbonyl (C=O) groups excluding carboxylic acids is 3. The Labute approximate surface area is 121 Å². The van der Waals surface area contributed by atoms with Crippen LogP contribution in [-0.2, 0) is 18.3 Å². The molecule has 1 aromatic carbocycles. The number of benzene rings is 1. The van der Waals surface area contributed by atoms with Crippen LogP contribution >= 0.6 is 0 Å². The molecule has 5 heteroatoms. The maximum atomic E-state index is 12.4. The molecular weight excluding hydrogens is 268 g/mol. The zero-order valence-electron chi connectivity index (χ0n) is 11.6. The summed E-state index contributed by atoms with van der Waals surface area (Å²) in [5.41, 5.74) is 1.70. The first-order valence-corrected chi connectivity index (χ1v) is 6.65. The van der Waals surface area contributed by atoms with Crippen LogP contribution in [0.25, 0.3) is 0 Å². The average molecular weight is 282 g/mol. The van der Waals surface area contributed by atoms with Crippen molar-refractivity contribution in [2.75, 3.05) is 6.54 Å². The molecular formula is C16H14N2O3. The van der Waals surface area contributed by atoms with E-state index >= 15 is 0 Å². The van der Waals surface area contributed by atoms with E-state index in [0.29, 0.717) is 11.3 Å². The minimum atomic E-state index is -0.399. The van der Waals surface area contributed by atoms with Gasteiger partial charge in [0.25, 0.3) is 5.91 Å². The molecule has 0 radical (unpaired) electrons. The van der Waals surface area contributed by atoms with Crippen LogP contribution in [0.1, 0.15) is 26.4 Å². The molecule has 2 aromatic rings. The van der Waals surface area contributed by atoms with E-state index in [1.165, 1.54) is 0 Å². The normalized spacial score (nSPS) is 14.2. The van der Waals surface area contributed by atoms with Gasteiger partial charge in [-0.1, -0.05) is 18.2 Å². The van der Waals surface area contributed by atoms with Gasteiger partial charge in [0.1, 0.15) is 0 Å². The molecule has 0 saturated heterocycles. The van der Waals surface area contributed by atoms with Crippen LogP contribution in [0.4, 0.5) is 0 Å². The van der Waals surface area contributed by atoms with E-state index in [9.17, 15) is 14.4 Å². The minimum absolute atomic E-state index is 0.155. The summed E-state index contributed by atoms with van der Waals surface area (Å²) in [6.45, 7) is -0.218. The largest absolute Gasteiger partial charge is 0.348 e. The van der Waals surface area contributed by atoms with Crippen LogP contribution in [0.3, 0.4) is 0 Å². The van der Waals surface area contributed by atoms with Crippen LogP contribution in [-0.4, -0.2) is 33.6 Å². The highest BCUT2D eigenvalue weighted by Gasteiger charge is 2.32. The second kappa shape index (κ2) is 5.01. The summed E-state index contributed by atoms with van der Waals surface area (Å²) in [7, 11) is 1.75. The topological polar surface area (TPSA) is 59.4 Å². The summed E-state index contributed by atoms with van der Waals surface area (Å²) in [6, 6.07) is 10.4. The van der Waals surface area contributed by atoms with Crippen molar-refractivity contribution in [3.63, 3.8) is 0 Å². The highest BCUT2D eigenvalue weighted by atomic mass is 16.2. The fourth-order valence-electron chi connectivity index (χ4n) is 2.54. The van der Waals surface area contributed by atoms with Crippen molar-refractivity contribution in [1.29, 1.82) is 0 Å². The molecule has 0 aliphatic carbocycles. The van der Waals surface area contributed by atoms with Crippen LogP contribution < -0.4 is 0 Å². The molecule has 0 atom stereocenters. The van der Waals surface area contributed by atoms with E-state index in [1.807, 2.05) is 0 Å². The molecule has 1 aliphatic heterocycles. The zero-order chi connectivity index (χ0) is 15.0. The number of fused-ring (bicyclic) bond motifs is 1.